The molecule has 0 spiro atoms. The number of nitrogens with zero attached hydrogens (tertiary/aromatic N) is 1. The summed E-state index contributed by atoms with van der Waals surface area (Å²) in [5.41, 5.74) is 1.24. The number of hydrogen-bond donors (Lipinski definition) is 2. The molecule has 0 aliphatic heterocycles. The van der Waals surface area contributed by atoms with E-state index in [-0.39, 0.29) is 5.91 Å². The van der Waals surface area contributed by atoms with E-state index in [1.165, 1.54) is 0 Å². The fraction of sp³-hybridized carbons (Fsp3) is 0. The minimum Gasteiger partial charge on any atom is -0.305 e. The van der Waals surface area contributed by atoms with Gasteiger partial charge in [-0.1, -0.05) is 35.3 Å². The van der Waals surface area contributed by atoms with Gasteiger partial charge in [-0.05, 0) is 30.3 Å². The van der Waals surface area contributed by atoms with Gasteiger partial charge in [0, 0.05) is 21.0 Å². The van der Waals surface area contributed by atoms with Crippen LogP contribution in [-0.2, 0) is 0 Å². The zero-order chi connectivity index (χ0) is 14.1. The fourth-order valence-electron chi connectivity index (χ4n) is 1.92. The van der Waals surface area contributed by atoms with E-state index in [0.29, 0.717) is 21.4 Å². The Morgan fingerprint density at radius 1 is 1.10 bits per heavy atom. The summed E-state index contributed by atoms with van der Waals surface area (Å²) in [4.78, 5) is 12.2. The van der Waals surface area contributed by atoms with E-state index in [0.717, 1.165) is 10.9 Å². The van der Waals surface area contributed by atoms with E-state index in [9.17, 15) is 4.79 Å². The fourth-order valence-corrected chi connectivity index (χ4v) is 2.45. The van der Waals surface area contributed by atoms with Gasteiger partial charge in [0.05, 0.1) is 5.52 Å². The van der Waals surface area contributed by atoms with Crippen molar-refractivity contribution in [3.8, 4) is 0 Å². The molecule has 0 saturated heterocycles. The van der Waals surface area contributed by atoms with Crippen LogP contribution in [0.3, 0.4) is 0 Å². The van der Waals surface area contributed by atoms with Crippen LogP contribution >= 0.6 is 23.2 Å². The number of carbonyl (C=O) groups excluding carboxylic acids is 1. The SMILES string of the molecule is O=C(Nc1n[nH]c2ccccc12)c1cc(Cl)cc(Cl)c1. The molecule has 4 nitrogen and oxygen atoms in total. The summed E-state index contributed by atoms with van der Waals surface area (Å²) in [5, 5.41) is 11.3. The van der Waals surface area contributed by atoms with E-state index < -0.39 is 0 Å². The van der Waals surface area contributed by atoms with Crippen molar-refractivity contribution in [2.45, 2.75) is 0 Å². The van der Waals surface area contributed by atoms with Crippen LogP contribution in [0, 0.1) is 0 Å². The van der Waals surface area contributed by atoms with Gasteiger partial charge in [-0.25, -0.2) is 0 Å². The second-order valence-electron chi connectivity index (χ2n) is 4.23. The van der Waals surface area contributed by atoms with Crippen LogP contribution in [0.1, 0.15) is 10.4 Å². The summed E-state index contributed by atoms with van der Waals surface area (Å²) in [6.45, 7) is 0. The Balaban J connectivity index is 1.92. The number of nitrogens with one attached hydrogen (secondary N) is 2. The highest BCUT2D eigenvalue weighted by Crippen LogP contribution is 2.22. The maximum atomic E-state index is 12.2. The lowest BCUT2D eigenvalue weighted by Gasteiger charge is -2.04. The highest BCUT2D eigenvalue weighted by Gasteiger charge is 2.12. The predicted molar refractivity (Wildman–Crippen MR) is 80.5 cm³/mol. The van der Waals surface area contributed by atoms with Gasteiger partial charge in [0.25, 0.3) is 5.91 Å². The highest BCUT2D eigenvalue weighted by atomic mass is 35.5. The molecular formula is C14H9Cl2N3O. The van der Waals surface area contributed by atoms with Crippen molar-refractivity contribution in [3.05, 3.63) is 58.1 Å². The molecule has 3 rings (SSSR count). The van der Waals surface area contributed by atoms with Crippen molar-refractivity contribution in [1.29, 1.82) is 0 Å². The van der Waals surface area contributed by atoms with E-state index in [1.807, 2.05) is 24.3 Å². The number of carbonyl (C=O) groups is 1. The normalized spacial score (nSPS) is 10.7. The molecule has 0 atom stereocenters. The smallest absolute Gasteiger partial charge is 0.256 e. The number of anilines is 1. The molecular weight excluding hydrogens is 297 g/mol. The first-order chi connectivity index (χ1) is 9.63. The van der Waals surface area contributed by atoms with Crippen LogP contribution in [0.4, 0.5) is 5.82 Å². The molecule has 0 saturated carbocycles. The molecule has 2 aromatic carbocycles. The molecule has 0 fully saturated rings. The predicted octanol–water partition coefficient (Wildman–Crippen LogP) is 4.12. The monoisotopic (exact) mass is 305 g/mol. The quantitative estimate of drug-likeness (QED) is 0.748. The van der Waals surface area contributed by atoms with Crippen LogP contribution in [0.25, 0.3) is 10.9 Å². The highest BCUT2D eigenvalue weighted by molar-refractivity contribution is 6.35. The lowest BCUT2D eigenvalue weighted by atomic mass is 10.2. The minimum absolute atomic E-state index is 0.313. The molecule has 100 valence electrons. The Morgan fingerprint density at radius 2 is 1.80 bits per heavy atom. The molecule has 2 N–H and O–H groups in total. The van der Waals surface area contributed by atoms with E-state index >= 15 is 0 Å². The zero-order valence-corrected chi connectivity index (χ0v) is 11.7. The summed E-state index contributed by atoms with van der Waals surface area (Å²) in [6.07, 6.45) is 0. The van der Waals surface area contributed by atoms with Crippen molar-refractivity contribution in [2.75, 3.05) is 5.32 Å². The Kier molecular flexibility index (Phi) is 3.34. The first-order valence-corrected chi connectivity index (χ1v) is 6.59. The third-order valence-electron chi connectivity index (χ3n) is 2.83. The maximum absolute atomic E-state index is 12.2. The van der Waals surface area contributed by atoms with Crippen molar-refractivity contribution in [3.63, 3.8) is 0 Å². The van der Waals surface area contributed by atoms with Crippen LogP contribution in [0.5, 0.6) is 0 Å². The van der Waals surface area contributed by atoms with Crippen molar-refractivity contribution in [1.82, 2.24) is 10.2 Å². The van der Waals surface area contributed by atoms with Gasteiger partial charge >= 0.3 is 0 Å². The van der Waals surface area contributed by atoms with Gasteiger partial charge in [-0.2, -0.15) is 5.10 Å². The van der Waals surface area contributed by atoms with Gasteiger partial charge in [-0.15, -0.1) is 0 Å². The molecule has 0 radical (unpaired) electrons. The lowest BCUT2D eigenvalue weighted by Crippen LogP contribution is -2.12. The minimum atomic E-state index is -0.313. The summed E-state index contributed by atoms with van der Waals surface area (Å²) in [6, 6.07) is 12.2. The zero-order valence-electron chi connectivity index (χ0n) is 10.2. The number of para-hydroxylation sites is 1. The van der Waals surface area contributed by atoms with Crippen LogP contribution < -0.4 is 5.32 Å². The Morgan fingerprint density at radius 3 is 2.55 bits per heavy atom. The standard InChI is InChI=1S/C14H9Cl2N3O/c15-9-5-8(6-10(16)7-9)14(20)17-13-11-3-1-2-4-12(11)18-19-13/h1-7H,(H2,17,18,19,20). The molecule has 0 aliphatic carbocycles. The Hall–Kier alpha value is -2.04. The van der Waals surface area contributed by atoms with Gasteiger partial charge < -0.3 is 5.32 Å². The molecule has 0 bridgehead atoms. The van der Waals surface area contributed by atoms with Crippen molar-refractivity contribution in [2.24, 2.45) is 0 Å². The summed E-state index contributed by atoms with van der Waals surface area (Å²) in [7, 11) is 0. The number of benzene rings is 2. The first kappa shape index (κ1) is 13.0. The summed E-state index contributed by atoms with van der Waals surface area (Å²) >= 11 is 11.8. The number of H-pyrrole nitrogens is 1. The number of amides is 1. The largest absolute Gasteiger partial charge is 0.305 e. The third-order valence-corrected chi connectivity index (χ3v) is 3.26. The molecule has 0 aliphatic rings. The number of rotatable bonds is 2. The molecule has 20 heavy (non-hydrogen) atoms. The summed E-state index contributed by atoms with van der Waals surface area (Å²) < 4.78 is 0. The van der Waals surface area contributed by atoms with Crippen LogP contribution in [0.15, 0.2) is 42.5 Å². The van der Waals surface area contributed by atoms with E-state index in [4.69, 9.17) is 23.2 Å². The number of halogens is 2. The first-order valence-electron chi connectivity index (χ1n) is 5.84. The van der Waals surface area contributed by atoms with Gasteiger partial charge in [0.15, 0.2) is 5.82 Å². The number of aromatic amines is 1. The average molecular weight is 306 g/mol. The van der Waals surface area contributed by atoms with E-state index in [2.05, 4.69) is 15.5 Å². The van der Waals surface area contributed by atoms with Crippen molar-refractivity contribution >= 4 is 45.8 Å². The number of hydrogen-bond acceptors (Lipinski definition) is 2. The molecule has 3 aromatic rings. The molecule has 0 unspecified atom stereocenters. The van der Waals surface area contributed by atoms with Gasteiger partial charge in [0.2, 0.25) is 0 Å². The van der Waals surface area contributed by atoms with Crippen LogP contribution in [0.2, 0.25) is 10.0 Å². The Labute approximate surface area is 124 Å². The molecule has 6 heteroatoms. The van der Waals surface area contributed by atoms with Crippen LogP contribution in [-0.4, -0.2) is 16.1 Å². The Bertz CT molecular complexity index is 778. The third kappa shape index (κ3) is 2.48. The second kappa shape index (κ2) is 5.15. The second-order valence-corrected chi connectivity index (χ2v) is 5.10. The van der Waals surface area contributed by atoms with Crippen molar-refractivity contribution < 1.29 is 4.79 Å². The molecule has 1 amide bonds. The van der Waals surface area contributed by atoms with Gasteiger partial charge in [-0.3, -0.25) is 9.89 Å². The van der Waals surface area contributed by atoms with Gasteiger partial charge in [0.1, 0.15) is 0 Å². The molecule has 1 aromatic heterocycles. The average Bonchev–Trinajstić information content (AvgIpc) is 2.81. The lowest BCUT2D eigenvalue weighted by molar-refractivity contribution is 0.102. The number of fused-ring (bicyclic) bond motifs is 1. The molecule has 1 heterocycles. The maximum Gasteiger partial charge on any atom is 0.256 e. The van der Waals surface area contributed by atoms with E-state index in [1.54, 1.807) is 18.2 Å². The topological polar surface area (TPSA) is 57.8 Å². The summed E-state index contributed by atoms with van der Waals surface area (Å²) in [5.74, 6) is 0.161. The number of aromatic nitrogens is 2.